The molecule has 1 aromatic heterocycles. The molecular weight excluding hydrogens is 222 g/mol. The van der Waals surface area contributed by atoms with E-state index in [0.717, 1.165) is 11.1 Å². The molecule has 0 aliphatic heterocycles. The lowest BCUT2D eigenvalue weighted by Crippen LogP contribution is -2.16. The van der Waals surface area contributed by atoms with E-state index in [0.29, 0.717) is 5.92 Å². The molecule has 0 spiro atoms. The highest BCUT2D eigenvalue weighted by Gasteiger charge is 2.17. The van der Waals surface area contributed by atoms with Crippen molar-refractivity contribution in [1.29, 1.82) is 0 Å². The maximum absolute atomic E-state index is 11.8. The van der Waals surface area contributed by atoms with Gasteiger partial charge in [0, 0.05) is 12.4 Å². The van der Waals surface area contributed by atoms with Crippen molar-refractivity contribution < 1.29 is 8.42 Å². The monoisotopic (exact) mass is 241 g/mol. The SMILES string of the molecule is CC(C)c1cncc(CS(=O)(=O)C(C)C)c1. The van der Waals surface area contributed by atoms with Gasteiger partial charge in [0.15, 0.2) is 9.84 Å². The van der Waals surface area contributed by atoms with Gasteiger partial charge in [-0.2, -0.15) is 0 Å². The minimum atomic E-state index is -3.03. The van der Waals surface area contributed by atoms with Gasteiger partial charge in [0.1, 0.15) is 0 Å². The second kappa shape index (κ2) is 4.95. The van der Waals surface area contributed by atoms with Gasteiger partial charge in [-0.3, -0.25) is 4.98 Å². The van der Waals surface area contributed by atoms with E-state index < -0.39 is 9.84 Å². The predicted molar refractivity (Wildman–Crippen MR) is 66.1 cm³/mol. The molecule has 90 valence electrons. The Hall–Kier alpha value is -0.900. The summed E-state index contributed by atoms with van der Waals surface area (Å²) in [5.74, 6) is 0.451. The number of hydrogen-bond donors (Lipinski definition) is 0. The van der Waals surface area contributed by atoms with Gasteiger partial charge in [-0.1, -0.05) is 19.9 Å². The van der Waals surface area contributed by atoms with Crippen LogP contribution in [0.5, 0.6) is 0 Å². The third-order valence-corrected chi connectivity index (χ3v) is 4.74. The zero-order valence-electron chi connectivity index (χ0n) is 10.3. The Morgan fingerprint density at radius 1 is 1.19 bits per heavy atom. The largest absolute Gasteiger partial charge is 0.264 e. The molecule has 0 bridgehead atoms. The number of rotatable bonds is 4. The quantitative estimate of drug-likeness (QED) is 0.813. The van der Waals surface area contributed by atoms with Crippen LogP contribution in [0.2, 0.25) is 0 Å². The summed E-state index contributed by atoms with van der Waals surface area (Å²) in [6, 6.07) is 1.93. The molecule has 1 aromatic rings. The molecule has 0 atom stereocenters. The fourth-order valence-corrected chi connectivity index (χ4v) is 2.26. The summed E-state index contributed by atoms with van der Waals surface area (Å²) < 4.78 is 23.5. The first kappa shape index (κ1) is 13.2. The Balaban J connectivity index is 2.95. The summed E-state index contributed by atoms with van der Waals surface area (Å²) in [6.07, 6.45) is 3.42. The van der Waals surface area contributed by atoms with Crippen LogP contribution in [-0.4, -0.2) is 18.7 Å². The lowest BCUT2D eigenvalue weighted by Gasteiger charge is -2.10. The summed E-state index contributed by atoms with van der Waals surface area (Å²) in [6.45, 7) is 7.54. The van der Waals surface area contributed by atoms with Crippen molar-refractivity contribution in [2.45, 2.75) is 44.6 Å². The number of pyridine rings is 1. The molecule has 0 fully saturated rings. The van der Waals surface area contributed by atoms with Gasteiger partial charge in [-0.15, -0.1) is 0 Å². The van der Waals surface area contributed by atoms with Crippen molar-refractivity contribution in [3.8, 4) is 0 Å². The van der Waals surface area contributed by atoms with Gasteiger partial charge in [0.05, 0.1) is 11.0 Å². The van der Waals surface area contributed by atoms with E-state index in [1.54, 1.807) is 26.2 Å². The van der Waals surface area contributed by atoms with Crippen LogP contribution >= 0.6 is 0 Å². The predicted octanol–water partition coefficient (Wildman–Crippen LogP) is 2.53. The highest BCUT2D eigenvalue weighted by atomic mass is 32.2. The van der Waals surface area contributed by atoms with Crippen LogP contribution in [0.1, 0.15) is 44.7 Å². The van der Waals surface area contributed by atoms with Gasteiger partial charge in [-0.25, -0.2) is 8.42 Å². The first-order valence-electron chi connectivity index (χ1n) is 5.48. The Bertz CT molecular complexity index is 450. The Morgan fingerprint density at radius 3 is 2.31 bits per heavy atom. The molecule has 0 aliphatic rings. The molecule has 0 saturated heterocycles. The van der Waals surface area contributed by atoms with E-state index in [4.69, 9.17) is 0 Å². The van der Waals surface area contributed by atoms with Crippen LogP contribution in [0.3, 0.4) is 0 Å². The molecule has 0 aromatic carbocycles. The average molecular weight is 241 g/mol. The summed E-state index contributed by atoms with van der Waals surface area (Å²) in [5.41, 5.74) is 1.86. The molecule has 0 unspecified atom stereocenters. The van der Waals surface area contributed by atoms with Crippen LogP contribution in [0.15, 0.2) is 18.5 Å². The van der Waals surface area contributed by atoms with Gasteiger partial charge in [0.25, 0.3) is 0 Å². The normalized spacial score (nSPS) is 12.4. The minimum absolute atomic E-state index is 0.0816. The summed E-state index contributed by atoms with van der Waals surface area (Å²) in [7, 11) is -3.03. The first-order chi connectivity index (χ1) is 7.33. The van der Waals surface area contributed by atoms with Crippen molar-refractivity contribution in [1.82, 2.24) is 4.98 Å². The number of sulfone groups is 1. The van der Waals surface area contributed by atoms with Crippen LogP contribution in [0, 0.1) is 0 Å². The lowest BCUT2D eigenvalue weighted by atomic mass is 10.0. The topological polar surface area (TPSA) is 47.0 Å². The second-order valence-corrected chi connectivity index (χ2v) is 7.19. The Labute approximate surface area is 97.8 Å². The molecule has 4 heteroatoms. The maximum atomic E-state index is 11.8. The molecule has 0 amide bonds. The summed E-state index contributed by atoms with van der Waals surface area (Å²) in [5, 5.41) is -0.338. The number of hydrogen-bond acceptors (Lipinski definition) is 3. The van der Waals surface area contributed by atoms with E-state index >= 15 is 0 Å². The fourth-order valence-electron chi connectivity index (χ4n) is 1.30. The lowest BCUT2D eigenvalue weighted by molar-refractivity contribution is 0.586. The zero-order chi connectivity index (χ0) is 12.3. The highest BCUT2D eigenvalue weighted by Crippen LogP contribution is 2.16. The van der Waals surface area contributed by atoms with Crippen LogP contribution in [-0.2, 0) is 15.6 Å². The third kappa shape index (κ3) is 3.30. The third-order valence-electron chi connectivity index (χ3n) is 2.57. The molecule has 0 aliphatic carbocycles. The average Bonchev–Trinajstić information content (AvgIpc) is 2.17. The van der Waals surface area contributed by atoms with E-state index in [2.05, 4.69) is 18.8 Å². The van der Waals surface area contributed by atoms with Crippen LogP contribution in [0.25, 0.3) is 0 Å². The molecule has 0 N–H and O–H groups in total. The number of nitrogens with zero attached hydrogens (tertiary/aromatic N) is 1. The Kier molecular flexibility index (Phi) is 4.08. The second-order valence-electron chi connectivity index (χ2n) is 4.64. The first-order valence-corrected chi connectivity index (χ1v) is 7.20. The molecule has 1 rings (SSSR count). The van der Waals surface area contributed by atoms with E-state index in [1.165, 1.54) is 0 Å². The van der Waals surface area contributed by atoms with E-state index in [9.17, 15) is 8.42 Å². The zero-order valence-corrected chi connectivity index (χ0v) is 11.1. The molecule has 0 radical (unpaired) electrons. The summed E-state index contributed by atoms with van der Waals surface area (Å²) >= 11 is 0. The Morgan fingerprint density at radius 2 is 1.81 bits per heavy atom. The fraction of sp³-hybridized carbons (Fsp3) is 0.583. The molecule has 16 heavy (non-hydrogen) atoms. The molecule has 0 saturated carbocycles. The van der Waals surface area contributed by atoms with Gasteiger partial charge in [0.2, 0.25) is 0 Å². The van der Waals surface area contributed by atoms with Crippen molar-refractivity contribution in [3.05, 3.63) is 29.6 Å². The smallest absolute Gasteiger partial charge is 0.156 e. The molecule has 1 heterocycles. The van der Waals surface area contributed by atoms with Crippen LogP contribution < -0.4 is 0 Å². The van der Waals surface area contributed by atoms with Crippen molar-refractivity contribution >= 4 is 9.84 Å². The van der Waals surface area contributed by atoms with E-state index in [-0.39, 0.29) is 11.0 Å². The minimum Gasteiger partial charge on any atom is -0.264 e. The van der Waals surface area contributed by atoms with Gasteiger partial charge < -0.3 is 0 Å². The number of aromatic nitrogens is 1. The molecule has 3 nitrogen and oxygen atoms in total. The van der Waals surface area contributed by atoms with E-state index in [1.807, 2.05) is 6.07 Å². The van der Waals surface area contributed by atoms with Crippen LogP contribution in [0.4, 0.5) is 0 Å². The van der Waals surface area contributed by atoms with Gasteiger partial charge >= 0.3 is 0 Å². The van der Waals surface area contributed by atoms with Crippen molar-refractivity contribution in [2.24, 2.45) is 0 Å². The maximum Gasteiger partial charge on any atom is 0.156 e. The molecular formula is C12H19NO2S. The highest BCUT2D eigenvalue weighted by molar-refractivity contribution is 7.91. The standard InChI is InChI=1S/C12H19NO2S/c1-9(2)12-5-11(6-13-7-12)8-16(14,15)10(3)4/h5-7,9-10H,8H2,1-4H3. The van der Waals surface area contributed by atoms with Crippen molar-refractivity contribution in [2.75, 3.05) is 0 Å². The van der Waals surface area contributed by atoms with Gasteiger partial charge in [-0.05, 0) is 30.9 Å². The summed E-state index contributed by atoms with van der Waals surface area (Å²) in [4.78, 5) is 4.08. The van der Waals surface area contributed by atoms with Crippen molar-refractivity contribution in [3.63, 3.8) is 0 Å².